The summed E-state index contributed by atoms with van der Waals surface area (Å²) in [7, 11) is 0. The SMILES string of the molecule is OC1CCc2cnc(C3CCCCN3)n2C1. The van der Waals surface area contributed by atoms with Gasteiger partial charge < -0.3 is 15.0 Å². The molecule has 2 N–H and O–H groups in total. The lowest BCUT2D eigenvalue weighted by molar-refractivity contribution is 0.128. The van der Waals surface area contributed by atoms with E-state index < -0.39 is 0 Å². The van der Waals surface area contributed by atoms with Gasteiger partial charge in [0.1, 0.15) is 5.82 Å². The first kappa shape index (κ1) is 10.3. The summed E-state index contributed by atoms with van der Waals surface area (Å²) in [6.07, 6.45) is 7.35. The van der Waals surface area contributed by atoms with E-state index in [0.29, 0.717) is 6.04 Å². The fraction of sp³-hybridized carbons (Fsp3) is 0.750. The van der Waals surface area contributed by atoms with Crippen LogP contribution in [0.25, 0.3) is 0 Å². The third-order valence-corrected chi connectivity index (χ3v) is 3.72. The minimum atomic E-state index is -0.191. The molecule has 3 heterocycles. The highest BCUT2D eigenvalue weighted by Crippen LogP contribution is 2.26. The summed E-state index contributed by atoms with van der Waals surface area (Å²) >= 11 is 0. The zero-order valence-corrected chi connectivity index (χ0v) is 9.52. The monoisotopic (exact) mass is 221 g/mol. The lowest BCUT2D eigenvalue weighted by Gasteiger charge is -2.27. The molecule has 4 heteroatoms. The van der Waals surface area contributed by atoms with Crippen molar-refractivity contribution in [1.82, 2.24) is 14.9 Å². The molecule has 2 aliphatic heterocycles. The number of aliphatic hydroxyl groups excluding tert-OH is 1. The molecule has 0 bridgehead atoms. The summed E-state index contributed by atoms with van der Waals surface area (Å²) in [5, 5.41) is 13.2. The van der Waals surface area contributed by atoms with Gasteiger partial charge in [0, 0.05) is 11.9 Å². The minimum absolute atomic E-state index is 0.191. The third kappa shape index (κ3) is 1.76. The van der Waals surface area contributed by atoms with Gasteiger partial charge >= 0.3 is 0 Å². The normalized spacial score (nSPS) is 30.1. The maximum Gasteiger partial charge on any atom is 0.126 e. The quantitative estimate of drug-likeness (QED) is 0.744. The van der Waals surface area contributed by atoms with Crippen molar-refractivity contribution in [3.63, 3.8) is 0 Å². The Morgan fingerprint density at radius 1 is 1.38 bits per heavy atom. The van der Waals surface area contributed by atoms with Gasteiger partial charge in [-0.15, -0.1) is 0 Å². The van der Waals surface area contributed by atoms with Crippen molar-refractivity contribution in [3.05, 3.63) is 17.7 Å². The highest BCUT2D eigenvalue weighted by Gasteiger charge is 2.25. The van der Waals surface area contributed by atoms with Crippen molar-refractivity contribution >= 4 is 0 Å². The lowest BCUT2D eigenvalue weighted by Crippen LogP contribution is -2.32. The van der Waals surface area contributed by atoms with Crippen LogP contribution in [0.1, 0.15) is 43.2 Å². The minimum Gasteiger partial charge on any atom is -0.391 e. The van der Waals surface area contributed by atoms with E-state index in [1.165, 1.54) is 25.0 Å². The van der Waals surface area contributed by atoms with Crippen LogP contribution < -0.4 is 5.32 Å². The van der Waals surface area contributed by atoms with E-state index in [1.807, 2.05) is 6.20 Å². The molecular formula is C12H19N3O. The maximum atomic E-state index is 9.73. The Labute approximate surface area is 95.7 Å². The first-order chi connectivity index (χ1) is 7.84. The second-order valence-electron chi connectivity index (χ2n) is 4.91. The van der Waals surface area contributed by atoms with E-state index in [9.17, 15) is 5.11 Å². The third-order valence-electron chi connectivity index (χ3n) is 3.72. The highest BCUT2D eigenvalue weighted by atomic mass is 16.3. The molecule has 0 saturated carbocycles. The van der Waals surface area contributed by atoms with Crippen LogP contribution in [0.4, 0.5) is 0 Å². The molecule has 0 radical (unpaired) electrons. The number of aliphatic hydroxyl groups is 1. The summed E-state index contributed by atoms with van der Waals surface area (Å²) in [6, 6.07) is 0.396. The van der Waals surface area contributed by atoms with Crippen LogP contribution in [-0.4, -0.2) is 27.3 Å². The predicted molar refractivity (Wildman–Crippen MR) is 61.1 cm³/mol. The van der Waals surface area contributed by atoms with Gasteiger partial charge in [0.2, 0.25) is 0 Å². The van der Waals surface area contributed by atoms with Crippen LogP contribution in [0.2, 0.25) is 0 Å². The van der Waals surface area contributed by atoms with E-state index in [1.54, 1.807) is 0 Å². The van der Waals surface area contributed by atoms with E-state index in [2.05, 4.69) is 14.9 Å². The number of nitrogens with one attached hydrogen (secondary N) is 1. The van der Waals surface area contributed by atoms with Gasteiger partial charge in [-0.1, -0.05) is 6.42 Å². The van der Waals surface area contributed by atoms with Crippen LogP contribution in [0, 0.1) is 0 Å². The number of hydrogen-bond acceptors (Lipinski definition) is 3. The summed E-state index contributed by atoms with van der Waals surface area (Å²) in [5.41, 5.74) is 1.28. The zero-order valence-electron chi connectivity index (χ0n) is 9.52. The maximum absolute atomic E-state index is 9.73. The van der Waals surface area contributed by atoms with Gasteiger partial charge in [0.25, 0.3) is 0 Å². The number of fused-ring (bicyclic) bond motifs is 1. The highest BCUT2D eigenvalue weighted by molar-refractivity contribution is 5.12. The molecule has 0 aromatic carbocycles. The first-order valence-corrected chi connectivity index (χ1v) is 6.30. The topological polar surface area (TPSA) is 50.1 Å². The molecule has 1 fully saturated rings. The van der Waals surface area contributed by atoms with Crippen LogP contribution in [0.5, 0.6) is 0 Å². The average molecular weight is 221 g/mol. The lowest BCUT2D eigenvalue weighted by atomic mass is 10.0. The van der Waals surface area contributed by atoms with Crippen molar-refractivity contribution in [2.45, 2.75) is 50.8 Å². The number of nitrogens with zero attached hydrogens (tertiary/aromatic N) is 2. The molecule has 3 rings (SSSR count). The number of hydrogen-bond donors (Lipinski definition) is 2. The number of piperidine rings is 1. The molecule has 0 amide bonds. The Kier molecular flexibility index (Phi) is 2.69. The molecule has 2 aliphatic rings. The zero-order chi connectivity index (χ0) is 11.0. The Morgan fingerprint density at radius 3 is 3.12 bits per heavy atom. The summed E-state index contributed by atoms with van der Waals surface area (Å²) in [5.74, 6) is 1.13. The van der Waals surface area contributed by atoms with Crippen LogP contribution in [0.15, 0.2) is 6.20 Å². The van der Waals surface area contributed by atoms with Gasteiger partial charge in [-0.25, -0.2) is 4.98 Å². The number of rotatable bonds is 1. The van der Waals surface area contributed by atoms with Crippen LogP contribution in [0.3, 0.4) is 0 Å². The van der Waals surface area contributed by atoms with E-state index in [0.717, 1.165) is 31.8 Å². The summed E-state index contributed by atoms with van der Waals surface area (Å²) in [6.45, 7) is 1.82. The average Bonchev–Trinajstić information content (AvgIpc) is 2.73. The second-order valence-corrected chi connectivity index (χ2v) is 4.91. The Bertz CT molecular complexity index is 368. The first-order valence-electron chi connectivity index (χ1n) is 6.30. The Morgan fingerprint density at radius 2 is 2.31 bits per heavy atom. The Hall–Kier alpha value is -0.870. The predicted octanol–water partition coefficient (Wildman–Crippen LogP) is 1.00. The molecule has 2 atom stereocenters. The number of aromatic nitrogens is 2. The van der Waals surface area contributed by atoms with Crippen LogP contribution >= 0.6 is 0 Å². The van der Waals surface area contributed by atoms with Gasteiger partial charge in [-0.3, -0.25) is 0 Å². The molecular weight excluding hydrogens is 202 g/mol. The molecule has 0 aliphatic carbocycles. The van der Waals surface area contributed by atoms with E-state index in [-0.39, 0.29) is 6.10 Å². The molecule has 1 aromatic heterocycles. The molecule has 1 saturated heterocycles. The fourth-order valence-electron chi connectivity index (χ4n) is 2.80. The van der Waals surface area contributed by atoms with Crippen LogP contribution in [-0.2, 0) is 13.0 Å². The van der Waals surface area contributed by atoms with Gasteiger partial charge in [-0.05, 0) is 32.2 Å². The molecule has 2 unspecified atom stereocenters. The van der Waals surface area contributed by atoms with Crippen molar-refractivity contribution in [1.29, 1.82) is 0 Å². The Balaban J connectivity index is 1.86. The van der Waals surface area contributed by atoms with E-state index >= 15 is 0 Å². The van der Waals surface area contributed by atoms with Gasteiger partial charge in [0.15, 0.2) is 0 Å². The molecule has 4 nitrogen and oxygen atoms in total. The summed E-state index contributed by atoms with van der Waals surface area (Å²) < 4.78 is 2.22. The smallest absolute Gasteiger partial charge is 0.126 e. The molecule has 0 spiro atoms. The molecule has 88 valence electrons. The standard InChI is InChI=1S/C12H19N3O/c16-10-5-4-9-7-14-12(15(9)8-10)11-3-1-2-6-13-11/h7,10-11,13,16H,1-6,8H2. The number of aryl methyl sites for hydroxylation is 1. The van der Waals surface area contributed by atoms with Crippen molar-refractivity contribution < 1.29 is 5.11 Å². The van der Waals surface area contributed by atoms with Crippen molar-refractivity contribution in [2.75, 3.05) is 6.54 Å². The van der Waals surface area contributed by atoms with Gasteiger partial charge in [0.05, 0.1) is 18.7 Å². The van der Waals surface area contributed by atoms with E-state index in [4.69, 9.17) is 0 Å². The largest absolute Gasteiger partial charge is 0.391 e. The molecule has 16 heavy (non-hydrogen) atoms. The van der Waals surface area contributed by atoms with Crippen molar-refractivity contribution in [3.8, 4) is 0 Å². The van der Waals surface area contributed by atoms with Gasteiger partial charge in [-0.2, -0.15) is 0 Å². The second kappa shape index (κ2) is 4.18. The summed E-state index contributed by atoms with van der Waals surface area (Å²) in [4.78, 5) is 4.55. The fourth-order valence-corrected chi connectivity index (χ4v) is 2.80. The van der Waals surface area contributed by atoms with Crippen molar-refractivity contribution in [2.24, 2.45) is 0 Å². The number of imidazole rings is 1. The molecule has 1 aromatic rings.